The molecule has 0 spiro atoms. The van der Waals surface area contributed by atoms with Crippen molar-refractivity contribution in [3.63, 3.8) is 0 Å². The molecule has 0 bridgehead atoms. The zero-order chi connectivity index (χ0) is 17.2. The molecule has 1 heterocycles. The van der Waals surface area contributed by atoms with Crippen LogP contribution in [0.3, 0.4) is 0 Å². The minimum Gasteiger partial charge on any atom is -0.370 e. The van der Waals surface area contributed by atoms with Crippen LogP contribution in [0.2, 0.25) is 0 Å². The van der Waals surface area contributed by atoms with Crippen LogP contribution in [0, 0.1) is 0 Å². The first-order valence-electron chi connectivity index (χ1n) is 8.87. The molecule has 1 unspecified atom stereocenters. The van der Waals surface area contributed by atoms with Gasteiger partial charge in [-0.1, -0.05) is 12.8 Å². The van der Waals surface area contributed by atoms with Gasteiger partial charge >= 0.3 is 6.18 Å². The molecule has 1 aromatic rings. The standard InChI is InChI=1S/C18H26F3N3/c19-18(20,21)13-7-9-15(10-8-13)24-11-3-4-14(12-24)23-17-6-2-1-5-16(17)22/h7-10,14,16-17,23H,1-6,11-12,22H2/t14?,16-,17-/m1/s1. The Hall–Kier alpha value is -1.27. The van der Waals surface area contributed by atoms with E-state index in [1.165, 1.54) is 25.0 Å². The van der Waals surface area contributed by atoms with Crippen molar-refractivity contribution in [2.45, 2.75) is 62.8 Å². The minimum atomic E-state index is -4.28. The summed E-state index contributed by atoms with van der Waals surface area (Å²) >= 11 is 0. The molecule has 3 rings (SSSR count). The fraction of sp³-hybridized carbons (Fsp3) is 0.667. The van der Waals surface area contributed by atoms with Crippen LogP contribution < -0.4 is 16.0 Å². The predicted octanol–water partition coefficient (Wildman–Crippen LogP) is 3.53. The molecule has 0 amide bonds. The second-order valence-corrected chi connectivity index (χ2v) is 7.05. The quantitative estimate of drug-likeness (QED) is 0.884. The van der Waals surface area contributed by atoms with Crippen LogP contribution in [0.25, 0.3) is 0 Å². The normalized spacial score (nSPS) is 28.8. The van der Waals surface area contributed by atoms with Crippen molar-refractivity contribution >= 4 is 5.69 Å². The molecule has 2 aliphatic rings. The lowest BCUT2D eigenvalue weighted by molar-refractivity contribution is -0.137. The third-order valence-corrected chi connectivity index (χ3v) is 5.25. The lowest BCUT2D eigenvalue weighted by atomic mass is 9.89. The van der Waals surface area contributed by atoms with Crippen LogP contribution in [0.4, 0.5) is 18.9 Å². The maximum absolute atomic E-state index is 12.7. The topological polar surface area (TPSA) is 41.3 Å². The van der Waals surface area contributed by atoms with E-state index in [-0.39, 0.29) is 6.04 Å². The highest BCUT2D eigenvalue weighted by Crippen LogP contribution is 2.31. The van der Waals surface area contributed by atoms with Crippen LogP contribution in [0.1, 0.15) is 44.1 Å². The molecule has 1 saturated carbocycles. The van der Waals surface area contributed by atoms with E-state index < -0.39 is 11.7 Å². The van der Waals surface area contributed by atoms with E-state index in [9.17, 15) is 13.2 Å². The van der Waals surface area contributed by atoms with Crippen molar-refractivity contribution in [2.75, 3.05) is 18.0 Å². The molecule has 1 saturated heterocycles. The summed E-state index contributed by atoms with van der Waals surface area (Å²) in [4.78, 5) is 2.18. The van der Waals surface area contributed by atoms with Crippen LogP contribution >= 0.6 is 0 Å². The number of alkyl halides is 3. The van der Waals surface area contributed by atoms with E-state index in [0.717, 1.165) is 44.5 Å². The van der Waals surface area contributed by atoms with E-state index in [1.54, 1.807) is 12.1 Å². The molecule has 1 aromatic carbocycles. The van der Waals surface area contributed by atoms with Crippen LogP contribution in [0.5, 0.6) is 0 Å². The number of piperidine rings is 1. The number of hydrogen-bond donors (Lipinski definition) is 2. The molecule has 24 heavy (non-hydrogen) atoms. The molecule has 3 nitrogen and oxygen atoms in total. The predicted molar refractivity (Wildman–Crippen MR) is 90.0 cm³/mol. The van der Waals surface area contributed by atoms with Crippen molar-refractivity contribution in [3.05, 3.63) is 29.8 Å². The highest BCUT2D eigenvalue weighted by atomic mass is 19.4. The van der Waals surface area contributed by atoms with Gasteiger partial charge in [0.05, 0.1) is 5.56 Å². The van der Waals surface area contributed by atoms with Gasteiger partial charge in [0.25, 0.3) is 0 Å². The molecule has 6 heteroatoms. The highest BCUT2D eigenvalue weighted by Gasteiger charge is 2.31. The van der Waals surface area contributed by atoms with E-state index in [1.807, 2.05) is 0 Å². The van der Waals surface area contributed by atoms with Gasteiger partial charge in [0, 0.05) is 36.9 Å². The second-order valence-electron chi connectivity index (χ2n) is 7.05. The van der Waals surface area contributed by atoms with Crippen molar-refractivity contribution in [1.29, 1.82) is 0 Å². The summed E-state index contributed by atoms with van der Waals surface area (Å²) in [5, 5.41) is 3.70. The number of nitrogens with zero attached hydrogens (tertiary/aromatic N) is 1. The average Bonchev–Trinajstić information content (AvgIpc) is 2.57. The van der Waals surface area contributed by atoms with Crippen LogP contribution in [-0.2, 0) is 6.18 Å². The Morgan fingerprint density at radius 2 is 1.71 bits per heavy atom. The van der Waals surface area contributed by atoms with E-state index in [4.69, 9.17) is 5.73 Å². The molecule has 0 radical (unpaired) electrons. The Morgan fingerprint density at radius 3 is 2.38 bits per heavy atom. The Kier molecular flexibility index (Phi) is 5.35. The number of nitrogens with two attached hydrogens (primary N) is 1. The van der Waals surface area contributed by atoms with Crippen molar-refractivity contribution in [3.8, 4) is 0 Å². The maximum atomic E-state index is 12.7. The summed E-state index contributed by atoms with van der Waals surface area (Å²) < 4.78 is 38.1. The van der Waals surface area contributed by atoms with Gasteiger partial charge in [0.15, 0.2) is 0 Å². The fourth-order valence-electron chi connectivity index (χ4n) is 3.88. The summed E-state index contributed by atoms with van der Waals surface area (Å²) in [5.41, 5.74) is 6.49. The number of halogens is 3. The summed E-state index contributed by atoms with van der Waals surface area (Å²) in [6.45, 7) is 1.72. The van der Waals surface area contributed by atoms with Gasteiger partial charge in [-0.2, -0.15) is 13.2 Å². The van der Waals surface area contributed by atoms with Crippen molar-refractivity contribution < 1.29 is 13.2 Å². The van der Waals surface area contributed by atoms with Gasteiger partial charge in [-0.05, 0) is 49.9 Å². The Labute approximate surface area is 141 Å². The van der Waals surface area contributed by atoms with Crippen LogP contribution in [0.15, 0.2) is 24.3 Å². The third-order valence-electron chi connectivity index (χ3n) is 5.25. The summed E-state index contributed by atoms with van der Waals surface area (Å²) in [6.07, 6.45) is 2.50. The van der Waals surface area contributed by atoms with Gasteiger partial charge in [0.1, 0.15) is 0 Å². The highest BCUT2D eigenvalue weighted by molar-refractivity contribution is 5.48. The number of hydrogen-bond acceptors (Lipinski definition) is 3. The maximum Gasteiger partial charge on any atom is 0.416 e. The first-order valence-corrected chi connectivity index (χ1v) is 8.87. The molecule has 0 aromatic heterocycles. The van der Waals surface area contributed by atoms with Crippen LogP contribution in [-0.4, -0.2) is 31.2 Å². The van der Waals surface area contributed by atoms with Crippen molar-refractivity contribution in [2.24, 2.45) is 5.73 Å². The van der Waals surface area contributed by atoms with E-state index in [0.29, 0.717) is 12.1 Å². The molecule has 3 atom stereocenters. The zero-order valence-corrected chi connectivity index (χ0v) is 13.9. The van der Waals surface area contributed by atoms with E-state index in [2.05, 4.69) is 10.2 Å². The average molecular weight is 341 g/mol. The SMILES string of the molecule is N[C@@H]1CCCC[C@H]1NC1CCCN(c2ccc(C(F)(F)F)cc2)C1. The zero-order valence-electron chi connectivity index (χ0n) is 13.9. The monoisotopic (exact) mass is 341 g/mol. The first-order chi connectivity index (χ1) is 11.4. The molecule has 1 aliphatic carbocycles. The number of anilines is 1. The lowest BCUT2D eigenvalue weighted by Crippen LogP contribution is -2.55. The molecule has 3 N–H and O–H groups in total. The lowest BCUT2D eigenvalue weighted by Gasteiger charge is -2.39. The molecule has 2 fully saturated rings. The molecule has 134 valence electrons. The minimum absolute atomic E-state index is 0.222. The van der Waals surface area contributed by atoms with Gasteiger partial charge in [0.2, 0.25) is 0 Å². The molecular formula is C18H26F3N3. The number of rotatable bonds is 3. The summed E-state index contributed by atoms with van der Waals surface area (Å²) in [7, 11) is 0. The third kappa shape index (κ3) is 4.22. The first kappa shape index (κ1) is 17.5. The Morgan fingerprint density at radius 1 is 1.00 bits per heavy atom. The fourth-order valence-corrected chi connectivity index (χ4v) is 3.88. The smallest absolute Gasteiger partial charge is 0.370 e. The van der Waals surface area contributed by atoms with E-state index >= 15 is 0 Å². The molecular weight excluding hydrogens is 315 g/mol. The number of benzene rings is 1. The van der Waals surface area contributed by atoms with Crippen molar-refractivity contribution in [1.82, 2.24) is 5.32 Å². The summed E-state index contributed by atoms with van der Waals surface area (Å²) in [5.74, 6) is 0. The molecule has 1 aliphatic heterocycles. The van der Waals surface area contributed by atoms with Gasteiger partial charge in [-0.25, -0.2) is 0 Å². The number of nitrogens with one attached hydrogen (secondary N) is 1. The largest absolute Gasteiger partial charge is 0.416 e. The summed E-state index contributed by atoms with van der Waals surface area (Å²) in [6, 6.07) is 6.45. The Balaban J connectivity index is 1.60. The van der Waals surface area contributed by atoms with Gasteiger partial charge in [-0.15, -0.1) is 0 Å². The van der Waals surface area contributed by atoms with Gasteiger partial charge < -0.3 is 16.0 Å². The Bertz CT molecular complexity index is 529. The van der Waals surface area contributed by atoms with Gasteiger partial charge in [-0.3, -0.25) is 0 Å². The second kappa shape index (κ2) is 7.31.